The molecule has 4 aliphatic carbocycles. The third-order valence-electron chi connectivity index (χ3n) is 5.29. The van der Waals surface area contributed by atoms with E-state index in [1.807, 2.05) is 6.08 Å². The lowest BCUT2D eigenvalue weighted by atomic mass is 9.47. The van der Waals surface area contributed by atoms with E-state index >= 15 is 0 Å². The SMILES string of the molecule is C=CCC(N)C12CC3CC(CC(C3)C1)C2. The van der Waals surface area contributed by atoms with Gasteiger partial charge in [0.25, 0.3) is 0 Å². The Hall–Kier alpha value is -0.300. The predicted molar refractivity (Wildman–Crippen MR) is 63.4 cm³/mol. The Morgan fingerprint density at radius 1 is 1.13 bits per heavy atom. The zero-order valence-electron chi connectivity index (χ0n) is 9.62. The van der Waals surface area contributed by atoms with Crippen molar-refractivity contribution in [3.63, 3.8) is 0 Å². The van der Waals surface area contributed by atoms with Crippen molar-refractivity contribution in [3.05, 3.63) is 12.7 Å². The molecule has 0 heterocycles. The molecule has 0 aliphatic heterocycles. The first-order valence-corrected chi connectivity index (χ1v) is 6.58. The van der Waals surface area contributed by atoms with Gasteiger partial charge in [-0.15, -0.1) is 6.58 Å². The van der Waals surface area contributed by atoms with Gasteiger partial charge < -0.3 is 5.73 Å². The molecule has 0 aromatic carbocycles. The molecular formula is C14H23N. The fourth-order valence-electron chi connectivity index (χ4n) is 5.06. The van der Waals surface area contributed by atoms with Crippen LogP contribution in [-0.2, 0) is 0 Å². The molecule has 4 aliphatic rings. The fourth-order valence-corrected chi connectivity index (χ4v) is 5.06. The second kappa shape index (κ2) is 3.35. The molecule has 4 rings (SSSR count). The highest BCUT2D eigenvalue weighted by Gasteiger charge is 2.52. The van der Waals surface area contributed by atoms with Crippen molar-refractivity contribution in [3.8, 4) is 0 Å². The zero-order chi connectivity index (χ0) is 10.5. The van der Waals surface area contributed by atoms with E-state index in [1.165, 1.54) is 38.5 Å². The summed E-state index contributed by atoms with van der Waals surface area (Å²) in [4.78, 5) is 0. The van der Waals surface area contributed by atoms with Crippen molar-refractivity contribution in [1.82, 2.24) is 0 Å². The van der Waals surface area contributed by atoms with Gasteiger partial charge in [-0.3, -0.25) is 0 Å². The first-order valence-electron chi connectivity index (χ1n) is 6.58. The van der Waals surface area contributed by atoms with Gasteiger partial charge in [-0.25, -0.2) is 0 Å². The Balaban J connectivity index is 1.83. The minimum Gasteiger partial charge on any atom is -0.327 e. The van der Waals surface area contributed by atoms with Gasteiger partial charge in [-0.2, -0.15) is 0 Å². The van der Waals surface area contributed by atoms with E-state index in [4.69, 9.17) is 5.73 Å². The lowest BCUT2D eigenvalue weighted by Crippen LogP contribution is -2.54. The van der Waals surface area contributed by atoms with Crippen LogP contribution in [-0.4, -0.2) is 6.04 Å². The molecule has 15 heavy (non-hydrogen) atoms. The third-order valence-corrected chi connectivity index (χ3v) is 5.29. The highest BCUT2D eigenvalue weighted by atomic mass is 14.7. The maximum absolute atomic E-state index is 6.41. The average Bonchev–Trinajstić information content (AvgIpc) is 2.15. The Labute approximate surface area is 93.1 Å². The summed E-state index contributed by atoms with van der Waals surface area (Å²) in [6.45, 7) is 3.85. The van der Waals surface area contributed by atoms with Gasteiger partial charge in [0.1, 0.15) is 0 Å². The smallest absolute Gasteiger partial charge is 0.0130 e. The molecule has 1 unspecified atom stereocenters. The summed E-state index contributed by atoms with van der Waals surface area (Å²) in [5, 5.41) is 0. The van der Waals surface area contributed by atoms with E-state index in [1.54, 1.807) is 0 Å². The second-order valence-electron chi connectivity index (χ2n) is 6.41. The van der Waals surface area contributed by atoms with Gasteiger partial charge in [-0.1, -0.05) is 6.08 Å². The van der Waals surface area contributed by atoms with Gasteiger partial charge >= 0.3 is 0 Å². The molecule has 1 heteroatoms. The van der Waals surface area contributed by atoms with E-state index in [0.29, 0.717) is 11.5 Å². The quantitative estimate of drug-likeness (QED) is 0.704. The first kappa shape index (κ1) is 9.89. The Morgan fingerprint density at radius 3 is 2.00 bits per heavy atom. The number of hydrogen-bond donors (Lipinski definition) is 1. The van der Waals surface area contributed by atoms with Crippen LogP contribution in [0.2, 0.25) is 0 Å². The summed E-state index contributed by atoms with van der Waals surface area (Å²) < 4.78 is 0. The molecule has 4 fully saturated rings. The van der Waals surface area contributed by atoms with Crippen molar-refractivity contribution in [2.24, 2.45) is 28.9 Å². The molecule has 0 spiro atoms. The average molecular weight is 205 g/mol. The molecule has 2 N–H and O–H groups in total. The maximum Gasteiger partial charge on any atom is 0.0130 e. The number of rotatable bonds is 3. The van der Waals surface area contributed by atoms with Crippen molar-refractivity contribution >= 4 is 0 Å². The van der Waals surface area contributed by atoms with E-state index in [-0.39, 0.29) is 0 Å². The predicted octanol–water partition coefficient (Wildman–Crippen LogP) is 3.11. The molecular weight excluding hydrogens is 182 g/mol. The van der Waals surface area contributed by atoms with Crippen LogP contribution in [0.25, 0.3) is 0 Å². The topological polar surface area (TPSA) is 26.0 Å². The molecule has 0 aromatic heterocycles. The van der Waals surface area contributed by atoms with Crippen LogP contribution in [0.4, 0.5) is 0 Å². The van der Waals surface area contributed by atoms with Gasteiger partial charge in [0, 0.05) is 6.04 Å². The minimum atomic E-state index is 0.392. The largest absolute Gasteiger partial charge is 0.327 e. The maximum atomic E-state index is 6.41. The van der Waals surface area contributed by atoms with Crippen LogP contribution < -0.4 is 5.73 Å². The van der Waals surface area contributed by atoms with Gasteiger partial charge in [0.15, 0.2) is 0 Å². The summed E-state index contributed by atoms with van der Waals surface area (Å²) in [7, 11) is 0. The monoisotopic (exact) mass is 205 g/mol. The number of nitrogens with two attached hydrogens (primary N) is 1. The van der Waals surface area contributed by atoms with Crippen molar-refractivity contribution < 1.29 is 0 Å². The molecule has 0 aromatic rings. The summed E-state index contributed by atoms with van der Waals surface area (Å²) in [5.41, 5.74) is 6.93. The zero-order valence-corrected chi connectivity index (χ0v) is 9.62. The molecule has 1 nitrogen and oxygen atoms in total. The van der Waals surface area contributed by atoms with Crippen molar-refractivity contribution in [2.75, 3.05) is 0 Å². The molecule has 1 atom stereocenters. The van der Waals surface area contributed by atoms with E-state index in [2.05, 4.69) is 6.58 Å². The Morgan fingerprint density at radius 2 is 1.60 bits per heavy atom. The lowest BCUT2D eigenvalue weighted by Gasteiger charge is -2.59. The van der Waals surface area contributed by atoms with Crippen molar-refractivity contribution in [1.29, 1.82) is 0 Å². The van der Waals surface area contributed by atoms with Gasteiger partial charge in [0.2, 0.25) is 0 Å². The fraction of sp³-hybridized carbons (Fsp3) is 0.857. The summed E-state index contributed by atoms with van der Waals surface area (Å²) >= 11 is 0. The normalized spacial score (nSPS) is 49.3. The first-order chi connectivity index (χ1) is 7.22. The highest BCUT2D eigenvalue weighted by Crippen LogP contribution is 2.61. The standard InChI is InChI=1S/C14H23N/c1-2-3-13(15)14-7-10-4-11(8-14)6-12(5-10)9-14/h2,10-13H,1,3-9,15H2. The summed E-state index contributed by atoms with van der Waals surface area (Å²) in [6, 6.07) is 0.392. The van der Waals surface area contributed by atoms with Crippen LogP contribution >= 0.6 is 0 Å². The van der Waals surface area contributed by atoms with Crippen LogP contribution in [0.3, 0.4) is 0 Å². The third kappa shape index (κ3) is 1.47. The van der Waals surface area contributed by atoms with Crippen LogP contribution in [0, 0.1) is 23.2 Å². The van der Waals surface area contributed by atoms with E-state index in [9.17, 15) is 0 Å². The highest BCUT2D eigenvalue weighted by molar-refractivity contribution is 5.06. The van der Waals surface area contributed by atoms with Gasteiger partial charge in [-0.05, 0) is 68.1 Å². The van der Waals surface area contributed by atoms with E-state index in [0.717, 1.165) is 24.2 Å². The molecule has 0 radical (unpaired) electrons. The summed E-state index contributed by atoms with van der Waals surface area (Å²) in [6.07, 6.45) is 11.9. The lowest BCUT2D eigenvalue weighted by molar-refractivity contribution is -0.0663. The van der Waals surface area contributed by atoms with Crippen LogP contribution in [0.15, 0.2) is 12.7 Å². The molecule has 84 valence electrons. The Kier molecular flexibility index (Phi) is 2.21. The molecule has 0 amide bonds. The van der Waals surface area contributed by atoms with Gasteiger partial charge in [0.05, 0.1) is 0 Å². The molecule has 0 saturated heterocycles. The van der Waals surface area contributed by atoms with E-state index < -0.39 is 0 Å². The molecule has 4 bridgehead atoms. The van der Waals surface area contributed by atoms with Crippen molar-refractivity contribution in [2.45, 2.75) is 51.0 Å². The molecule has 4 saturated carbocycles. The van der Waals surface area contributed by atoms with Crippen LogP contribution in [0.1, 0.15) is 44.9 Å². The Bertz CT molecular complexity index is 233. The van der Waals surface area contributed by atoms with Crippen LogP contribution in [0.5, 0.6) is 0 Å². The second-order valence-corrected chi connectivity index (χ2v) is 6.41. The minimum absolute atomic E-state index is 0.392. The number of hydrogen-bond acceptors (Lipinski definition) is 1. The summed E-state index contributed by atoms with van der Waals surface area (Å²) in [5.74, 6) is 3.06.